The number of rotatable bonds is 3. The third-order valence-corrected chi connectivity index (χ3v) is 6.35. The van der Waals surface area contributed by atoms with Crippen LogP contribution in [-0.4, -0.2) is 36.9 Å². The average molecular weight is 362 g/mol. The molecule has 20 heavy (non-hydrogen) atoms. The summed E-state index contributed by atoms with van der Waals surface area (Å²) in [4.78, 5) is 11.1. The highest BCUT2D eigenvalue weighted by atomic mass is 79.9. The lowest BCUT2D eigenvalue weighted by Crippen LogP contribution is -2.40. The Morgan fingerprint density at radius 1 is 1.35 bits per heavy atom. The van der Waals surface area contributed by atoms with Gasteiger partial charge in [0, 0.05) is 17.6 Å². The Morgan fingerprint density at radius 3 is 2.45 bits per heavy atom. The number of sulfonamides is 1. The van der Waals surface area contributed by atoms with Crippen LogP contribution in [0.5, 0.6) is 0 Å². The minimum Gasteiger partial charge on any atom is -0.481 e. The second-order valence-corrected chi connectivity index (χ2v) is 7.72. The van der Waals surface area contributed by atoms with Gasteiger partial charge in [0.05, 0.1) is 10.8 Å². The van der Waals surface area contributed by atoms with Crippen LogP contribution in [0.25, 0.3) is 0 Å². The zero-order valence-corrected chi connectivity index (χ0v) is 13.4. The summed E-state index contributed by atoms with van der Waals surface area (Å²) in [5.41, 5.74) is 0.853. The lowest BCUT2D eigenvalue weighted by molar-refractivity contribution is -0.142. The number of nitrogens with zero attached hydrogens (tertiary/aromatic N) is 1. The van der Waals surface area contributed by atoms with E-state index in [0.29, 0.717) is 12.8 Å². The van der Waals surface area contributed by atoms with Gasteiger partial charge >= 0.3 is 5.97 Å². The Balaban J connectivity index is 2.19. The number of hydrogen-bond donors (Lipinski definition) is 1. The van der Waals surface area contributed by atoms with E-state index < -0.39 is 21.9 Å². The number of halogens is 1. The monoisotopic (exact) mass is 361 g/mol. The van der Waals surface area contributed by atoms with Gasteiger partial charge in [0.25, 0.3) is 0 Å². The predicted molar refractivity (Wildman–Crippen MR) is 78.0 cm³/mol. The Morgan fingerprint density at radius 2 is 1.95 bits per heavy atom. The van der Waals surface area contributed by atoms with Gasteiger partial charge in [-0.2, -0.15) is 4.31 Å². The first-order valence-electron chi connectivity index (χ1n) is 6.31. The van der Waals surface area contributed by atoms with Crippen LogP contribution >= 0.6 is 15.9 Å². The van der Waals surface area contributed by atoms with Crippen molar-refractivity contribution in [3.63, 3.8) is 0 Å². The molecule has 1 saturated heterocycles. The molecule has 1 heterocycles. The predicted octanol–water partition coefficient (Wildman–Crippen LogP) is 2.24. The van der Waals surface area contributed by atoms with Crippen molar-refractivity contribution in [3.05, 3.63) is 28.2 Å². The van der Waals surface area contributed by atoms with Crippen molar-refractivity contribution < 1.29 is 18.3 Å². The molecule has 110 valence electrons. The summed E-state index contributed by atoms with van der Waals surface area (Å²) in [5.74, 6) is -1.28. The third kappa shape index (κ3) is 3.05. The molecule has 0 unspecified atom stereocenters. The maximum atomic E-state index is 12.5. The number of carbonyl (C=O) groups is 1. The van der Waals surface area contributed by atoms with Gasteiger partial charge in [-0.25, -0.2) is 8.42 Å². The van der Waals surface area contributed by atoms with E-state index in [9.17, 15) is 13.2 Å². The minimum atomic E-state index is -3.53. The quantitative estimate of drug-likeness (QED) is 0.895. The number of aryl methyl sites for hydroxylation is 1. The summed E-state index contributed by atoms with van der Waals surface area (Å²) >= 11 is 3.34. The topological polar surface area (TPSA) is 74.7 Å². The Labute approximate surface area is 126 Å². The molecule has 0 radical (unpaired) electrons. The van der Waals surface area contributed by atoms with Gasteiger partial charge < -0.3 is 5.11 Å². The van der Waals surface area contributed by atoms with Gasteiger partial charge in [0.15, 0.2) is 0 Å². The molecular weight excluding hydrogens is 346 g/mol. The molecule has 7 heteroatoms. The largest absolute Gasteiger partial charge is 0.481 e. The summed E-state index contributed by atoms with van der Waals surface area (Å²) in [6, 6.07) is 4.91. The number of aliphatic carboxylic acids is 1. The average Bonchev–Trinajstić information content (AvgIpc) is 2.41. The van der Waals surface area contributed by atoms with Gasteiger partial charge in [0.1, 0.15) is 0 Å². The van der Waals surface area contributed by atoms with E-state index in [-0.39, 0.29) is 18.0 Å². The van der Waals surface area contributed by atoms with E-state index in [4.69, 9.17) is 5.11 Å². The number of piperidine rings is 1. The fourth-order valence-corrected chi connectivity index (χ4v) is 4.07. The molecule has 1 fully saturated rings. The molecule has 1 aromatic rings. The summed E-state index contributed by atoms with van der Waals surface area (Å²) in [6.07, 6.45) is 0.730. The van der Waals surface area contributed by atoms with Crippen LogP contribution in [0.2, 0.25) is 0 Å². The van der Waals surface area contributed by atoms with E-state index in [2.05, 4.69) is 15.9 Å². The van der Waals surface area contributed by atoms with Crippen LogP contribution in [0, 0.1) is 12.8 Å². The van der Waals surface area contributed by atoms with Crippen LogP contribution in [0.15, 0.2) is 27.6 Å². The number of carboxylic acids is 1. The van der Waals surface area contributed by atoms with E-state index in [0.717, 1.165) is 10.0 Å². The second-order valence-electron chi connectivity index (χ2n) is 4.93. The molecule has 1 aliphatic rings. The summed E-state index contributed by atoms with van der Waals surface area (Å²) in [7, 11) is -3.53. The first-order chi connectivity index (χ1) is 9.32. The Kier molecular flexibility index (Phi) is 4.51. The molecule has 0 amide bonds. The summed E-state index contributed by atoms with van der Waals surface area (Å²) in [6.45, 7) is 2.35. The second kappa shape index (κ2) is 5.83. The van der Waals surface area contributed by atoms with Crippen LogP contribution < -0.4 is 0 Å². The molecule has 1 N–H and O–H groups in total. The fraction of sp³-hybridized carbons (Fsp3) is 0.462. The molecule has 0 aliphatic carbocycles. The van der Waals surface area contributed by atoms with Crippen LogP contribution in [0.3, 0.4) is 0 Å². The summed E-state index contributed by atoms with van der Waals surface area (Å²) < 4.78 is 27.2. The molecule has 1 aliphatic heterocycles. The zero-order chi connectivity index (χ0) is 14.9. The third-order valence-electron chi connectivity index (χ3n) is 3.57. The van der Waals surface area contributed by atoms with E-state index in [1.54, 1.807) is 18.2 Å². The summed E-state index contributed by atoms with van der Waals surface area (Å²) in [5, 5.41) is 8.94. The lowest BCUT2D eigenvalue weighted by atomic mass is 9.99. The van der Waals surface area contributed by atoms with Gasteiger partial charge in [0.2, 0.25) is 10.0 Å². The van der Waals surface area contributed by atoms with Crippen molar-refractivity contribution in [2.24, 2.45) is 5.92 Å². The van der Waals surface area contributed by atoms with Gasteiger partial charge in [-0.05, 0) is 43.5 Å². The molecule has 2 rings (SSSR count). The van der Waals surface area contributed by atoms with Gasteiger partial charge in [-0.1, -0.05) is 15.9 Å². The molecular formula is C13H16BrNO4S. The van der Waals surface area contributed by atoms with Crippen molar-refractivity contribution in [1.82, 2.24) is 4.31 Å². The zero-order valence-electron chi connectivity index (χ0n) is 11.0. The SMILES string of the molecule is Cc1cc(S(=O)(=O)N2CCC(C(=O)O)CC2)ccc1Br. The normalized spacial score (nSPS) is 18.1. The highest BCUT2D eigenvalue weighted by Gasteiger charge is 2.32. The van der Waals surface area contributed by atoms with E-state index in [1.807, 2.05) is 6.92 Å². The first-order valence-corrected chi connectivity index (χ1v) is 8.55. The standard InChI is InChI=1S/C13H16BrNO4S/c1-9-8-11(2-3-12(9)14)20(18,19)15-6-4-10(5-7-15)13(16)17/h2-3,8,10H,4-7H2,1H3,(H,16,17). The highest BCUT2D eigenvalue weighted by Crippen LogP contribution is 2.26. The van der Waals surface area contributed by atoms with Crippen LogP contribution in [0.1, 0.15) is 18.4 Å². The maximum absolute atomic E-state index is 12.5. The molecule has 0 saturated carbocycles. The maximum Gasteiger partial charge on any atom is 0.306 e. The molecule has 0 atom stereocenters. The van der Waals surface area contributed by atoms with Crippen LogP contribution in [0.4, 0.5) is 0 Å². The van der Waals surface area contributed by atoms with E-state index in [1.165, 1.54) is 4.31 Å². The van der Waals surface area contributed by atoms with Gasteiger partial charge in [-0.15, -0.1) is 0 Å². The van der Waals surface area contributed by atoms with Crippen molar-refractivity contribution in [2.45, 2.75) is 24.7 Å². The smallest absolute Gasteiger partial charge is 0.306 e. The van der Waals surface area contributed by atoms with E-state index >= 15 is 0 Å². The lowest BCUT2D eigenvalue weighted by Gasteiger charge is -2.29. The van der Waals surface area contributed by atoms with Crippen molar-refractivity contribution in [3.8, 4) is 0 Å². The molecule has 0 aromatic heterocycles. The highest BCUT2D eigenvalue weighted by molar-refractivity contribution is 9.10. The number of hydrogen-bond acceptors (Lipinski definition) is 3. The van der Waals surface area contributed by atoms with Crippen molar-refractivity contribution in [1.29, 1.82) is 0 Å². The Hall–Kier alpha value is -0.920. The molecule has 0 spiro atoms. The molecule has 5 nitrogen and oxygen atoms in total. The van der Waals surface area contributed by atoms with Crippen molar-refractivity contribution >= 4 is 31.9 Å². The molecule has 0 bridgehead atoms. The van der Waals surface area contributed by atoms with Crippen molar-refractivity contribution in [2.75, 3.05) is 13.1 Å². The number of carboxylic acid groups (broad SMARTS) is 1. The number of benzene rings is 1. The van der Waals surface area contributed by atoms with Gasteiger partial charge in [-0.3, -0.25) is 4.79 Å². The Bertz CT molecular complexity index is 621. The fourth-order valence-electron chi connectivity index (χ4n) is 2.27. The van der Waals surface area contributed by atoms with Crippen LogP contribution in [-0.2, 0) is 14.8 Å². The first kappa shape index (κ1) is 15.5. The molecule has 1 aromatic carbocycles. The minimum absolute atomic E-state index is 0.256.